The minimum atomic E-state index is -0.613. The van der Waals surface area contributed by atoms with Gasteiger partial charge in [-0.3, -0.25) is 9.78 Å². The van der Waals surface area contributed by atoms with Crippen LogP contribution in [0.5, 0.6) is 0 Å². The summed E-state index contributed by atoms with van der Waals surface area (Å²) in [6.07, 6.45) is 3.61. The maximum atomic E-state index is 14.1. The lowest BCUT2D eigenvalue weighted by Gasteiger charge is -2.33. The SMILES string of the molecule is O=C(c1nnc(-c2ncccc2F)o1)N1CCc2[nH]cnc2[C@H]1c1ccc2ccccc2n1. The van der Waals surface area contributed by atoms with E-state index in [0.717, 1.165) is 16.6 Å². The van der Waals surface area contributed by atoms with Gasteiger partial charge in [0.25, 0.3) is 5.89 Å². The molecule has 1 atom stereocenters. The van der Waals surface area contributed by atoms with Crippen LogP contribution in [0.4, 0.5) is 4.39 Å². The molecule has 5 heterocycles. The highest BCUT2D eigenvalue weighted by Crippen LogP contribution is 2.34. The number of fused-ring (bicyclic) bond motifs is 2. The van der Waals surface area contributed by atoms with Crippen molar-refractivity contribution in [2.45, 2.75) is 12.5 Å². The zero-order chi connectivity index (χ0) is 22.4. The molecule has 1 amide bonds. The number of amides is 1. The first-order valence-corrected chi connectivity index (χ1v) is 10.3. The summed E-state index contributed by atoms with van der Waals surface area (Å²) in [4.78, 5) is 31.4. The normalized spacial score (nSPS) is 15.5. The topological polar surface area (TPSA) is 114 Å². The van der Waals surface area contributed by atoms with E-state index in [1.54, 1.807) is 11.2 Å². The van der Waals surface area contributed by atoms with E-state index < -0.39 is 17.8 Å². The van der Waals surface area contributed by atoms with Gasteiger partial charge in [-0.25, -0.2) is 14.4 Å². The minimum absolute atomic E-state index is 0.106. The van der Waals surface area contributed by atoms with Gasteiger partial charge in [0, 0.05) is 30.2 Å². The Morgan fingerprint density at radius 1 is 1.09 bits per heavy atom. The smallest absolute Gasteiger partial charge is 0.312 e. The van der Waals surface area contributed by atoms with E-state index in [4.69, 9.17) is 9.40 Å². The number of aromatic amines is 1. The number of nitrogens with one attached hydrogen (secondary N) is 1. The lowest BCUT2D eigenvalue weighted by molar-refractivity contribution is 0.0647. The molecule has 0 saturated heterocycles. The Balaban J connectivity index is 1.40. The standard InChI is InChI=1S/C23H16FN7O2/c24-14-5-3-10-25-18(14)21-29-30-22(33-21)23(32)31-11-9-16-19(27-12-26-16)20(31)17-8-7-13-4-1-2-6-15(13)28-17/h1-8,10,12,20H,9,11H2,(H,26,27)/t20-/m1/s1. The summed E-state index contributed by atoms with van der Waals surface area (Å²) in [6.45, 7) is 0.392. The molecular formula is C23H16FN7O2. The average Bonchev–Trinajstić information content (AvgIpc) is 3.53. The van der Waals surface area contributed by atoms with Gasteiger partial charge in [0.05, 0.1) is 23.2 Å². The maximum Gasteiger partial charge on any atom is 0.312 e. The van der Waals surface area contributed by atoms with Crippen LogP contribution in [0.1, 0.15) is 33.8 Å². The third-order valence-electron chi connectivity index (χ3n) is 5.65. The number of H-pyrrole nitrogens is 1. The highest BCUT2D eigenvalue weighted by Gasteiger charge is 2.37. The van der Waals surface area contributed by atoms with E-state index in [9.17, 15) is 9.18 Å². The molecule has 6 rings (SSSR count). The molecule has 1 aliphatic rings. The first-order valence-electron chi connectivity index (χ1n) is 10.3. The van der Waals surface area contributed by atoms with E-state index in [1.807, 2.05) is 36.4 Å². The summed E-state index contributed by atoms with van der Waals surface area (Å²) in [6, 6.07) is 13.8. The number of rotatable bonds is 3. The zero-order valence-corrected chi connectivity index (χ0v) is 17.1. The third kappa shape index (κ3) is 3.23. The number of benzene rings is 1. The van der Waals surface area contributed by atoms with Gasteiger partial charge in [-0.15, -0.1) is 10.2 Å². The molecule has 9 nitrogen and oxygen atoms in total. The van der Waals surface area contributed by atoms with Crippen LogP contribution in [0.15, 0.2) is 65.5 Å². The van der Waals surface area contributed by atoms with Crippen molar-refractivity contribution in [2.24, 2.45) is 0 Å². The molecule has 33 heavy (non-hydrogen) atoms. The Kier molecular flexibility index (Phi) is 4.42. The molecule has 0 bridgehead atoms. The summed E-state index contributed by atoms with van der Waals surface area (Å²) in [7, 11) is 0. The molecule has 10 heteroatoms. The third-order valence-corrected chi connectivity index (χ3v) is 5.65. The van der Waals surface area contributed by atoms with Crippen molar-refractivity contribution in [1.82, 2.24) is 35.0 Å². The van der Waals surface area contributed by atoms with Gasteiger partial charge in [-0.1, -0.05) is 24.3 Å². The molecule has 0 aliphatic carbocycles. The molecule has 1 aliphatic heterocycles. The van der Waals surface area contributed by atoms with Gasteiger partial charge < -0.3 is 14.3 Å². The van der Waals surface area contributed by atoms with Gasteiger partial charge in [0.15, 0.2) is 11.5 Å². The van der Waals surface area contributed by atoms with Crippen molar-refractivity contribution < 1.29 is 13.6 Å². The molecule has 0 spiro atoms. The van der Waals surface area contributed by atoms with Gasteiger partial charge in [-0.05, 0) is 24.3 Å². The van der Waals surface area contributed by atoms with Gasteiger partial charge in [0.1, 0.15) is 6.04 Å². The number of hydrogen-bond acceptors (Lipinski definition) is 7. The van der Waals surface area contributed by atoms with Crippen LogP contribution in [-0.4, -0.2) is 47.5 Å². The monoisotopic (exact) mass is 441 g/mol. The molecule has 162 valence electrons. The van der Waals surface area contributed by atoms with Crippen molar-refractivity contribution >= 4 is 16.8 Å². The van der Waals surface area contributed by atoms with Crippen LogP contribution >= 0.6 is 0 Å². The molecule has 0 saturated carbocycles. The summed E-state index contributed by atoms with van der Waals surface area (Å²) in [5.74, 6) is -1.51. The second-order valence-corrected chi connectivity index (χ2v) is 7.59. The number of pyridine rings is 2. The molecule has 1 N–H and O–H groups in total. The van der Waals surface area contributed by atoms with E-state index >= 15 is 0 Å². The molecule has 0 radical (unpaired) electrons. The number of halogens is 1. The zero-order valence-electron chi connectivity index (χ0n) is 17.1. The largest absolute Gasteiger partial charge is 0.411 e. The fourth-order valence-electron chi connectivity index (χ4n) is 4.10. The quantitative estimate of drug-likeness (QED) is 0.457. The lowest BCUT2D eigenvalue weighted by atomic mass is 9.98. The van der Waals surface area contributed by atoms with Crippen LogP contribution in [0.2, 0.25) is 0 Å². The van der Waals surface area contributed by atoms with Crippen molar-refractivity contribution in [1.29, 1.82) is 0 Å². The summed E-state index contributed by atoms with van der Waals surface area (Å²) < 4.78 is 19.6. The maximum absolute atomic E-state index is 14.1. The number of imidazole rings is 1. The van der Waals surface area contributed by atoms with Crippen molar-refractivity contribution in [3.63, 3.8) is 0 Å². The highest BCUT2D eigenvalue weighted by atomic mass is 19.1. The van der Waals surface area contributed by atoms with Crippen molar-refractivity contribution in [3.05, 3.63) is 89.8 Å². The number of carbonyl (C=O) groups excluding carboxylic acids is 1. The molecule has 4 aromatic heterocycles. The van der Waals surface area contributed by atoms with E-state index in [0.29, 0.717) is 24.4 Å². The minimum Gasteiger partial charge on any atom is -0.411 e. The number of para-hydroxylation sites is 1. The van der Waals surface area contributed by atoms with Crippen LogP contribution in [0.25, 0.3) is 22.5 Å². The molecule has 5 aromatic rings. The summed E-state index contributed by atoms with van der Waals surface area (Å²) in [5.41, 5.74) is 3.04. The summed E-state index contributed by atoms with van der Waals surface area (Å²) >= 11 is 0. The van der Waals surface area contributed by atoms with Gasteiger partial charge >= 0.3 is 11.8 Å². The first-order chi connectivity index (χ1) is 16.2. The second-order valence-electron chi connectivity index (χ2n) is 7.59. The lowest BCUT2D eigenvalue weighted by Crippen LogP contribution is -2.41. The van der Waals surface area contributed by atoms with Crippen molar-refractivity contribution in [2.75, 3.05) is 6.54 Å². The predicted molar refractivity (Wildman–Crippen MR) is 114 cm³/mol. The van der Waals surface area contributed by atoms with Crippen LogP contribution in [-0.2, 0) is 6.42 Å². The number of aromatic nitrogens is 6. The Morgan fingerprint density at radius 3 is 2.91 bits per heavy atom. The van der Waals surface area contributed by atoms with Gasteiger partial charge in [-0.2, -0.15) is 0 Å². The Hall–Kier alpha value is -4.47. The molecule has 0 unspecified atom stereocenters. The molecule has 1 aromatic carbocycles. The first kappa shape index (κ1) is 19.2. The second kappa shape index (κ2) is 7.59. The van der Waals surface area contributed by atoms with Gasteiger partial charge in [0.2, 0.25) is 0 Å². The number of nitrogens with zero attached hydrogens (tertiary/aromatic N) is 6. The molecular weight excluding hydrogens is 425 g/mol. The van der Waals surface area contributed by atoms with Crippen LogP contribution in [0.3, 0.4) is 0 Å². The van der Waals surface area contributed by atoms with Crippen LogP contribution in [0, 0.1) is 5.82 Å². The predicted octanol–water partition coefficient (Wildman–Crippen LogP) is 3.33. The summed E-state index contributed by atoms with van der Waals surface area (Å²) in [5, 5.41) is 8.70. The highest BCUT2D eigenvalue weighted by molar-refractivity contribution is 5.90. The Labute approximate surface area is 186 Å². The number of hydrogen-bond donors (Lipinski definition) is 1. The van der Waals surface area contributed by atoms with Crippen LogP contribution < -0.4 is 0 Å². The fourth-order valence-corrected chi connectivity index (χ4v) is 4.10. The molecule has 0 fully saturated rings. The van der Waals surface area contributed by atoms with E-state index in [-0.39, 0.29) is 17.5 Å². The average molecular weight is 441 g/mol. The number of carbonyl (C=O) groups is 1. The Morgan fingerprint density at radius 2 is 2.00 bits per heavy atom. The fraction of sp³-hybridized carbons (Fsp3) is 0.130. The van der Waals surface area contributed by atoms with E-state index in [2.05, 4.69) is 25.1 Å². The van der Waals surface area contributed by atoms with E-state index in [1.165, 1.54) is 18.3 Å². The Bertz CT molecular complexity index is 1500. The van der Waals surface area contributed by atoms with Crippen molar-refractivity contribution in [3.8, 4) is 11.6 Å².